The summed E-state index contributed by atoms with van der Waals surface area (Å²) in [7, 11) is 0. The number of hydrogen-bond donors (Lipinski definition) is 0. The average molecular weight is 415 g/mol. The van der Waals surface area contributed by atoms with Crippen LogP contribution in [0, 0.1) is 52.3 Å². The molecule has 0 bridgehead atoms. The molecule has 0 aromatic rings. The van der Waals surface area contributed by atoms with Crippen molar-refractivity contribution in [1.82, 2.24) is 0 Å². The zero-order chi connectivity index (χ0) is 21.3. The van der Waals surface area contributed by atoms with E-state index in [1.165, 1.54) is 32.1 Å². The maximum absolute atomic E-state index is 13.5. The Bertz CT molecular complexity index is 707. The molecule has 0 spiro atoms. The fraction of sp³-hybridized carbons (Fsp3) is 0.926. The van der Waals surface area contributed by atoms with Gasteiger partial charge in [0.05, 0.1) is 6.10 Å². The van der Waals surface area contributed by atoms with Crippen molar-refractivity contribution in [2.75, 3.05) is 6.61 Å². The number of ketones is 2. The summed E-state index contributed by atoms with van der Waals surface area (Å²) in [6.45, 7) is 10.4. The molecule has 168 valence electrons. The first-order valence-corrected chi connectivity index (χ1v) is 12.9. The van der Waals surface area contributed by atoms with Crippen LogP contribution in [0.15, 0.2) is 0 Å². The fourth-order valence-electron chi connectivity index (χ4n) is 9.30. The smallest absolute Gasteiger partial charge is 0.137 e. The van der Waals surface area contributed by atoms with Crippen LogP contribution in [0.2, 0.25) is 0 Å². The molecule has 0 aromatic heterocycles. The van der Waals surface area contributed by atoms with Crippen molar-refractivity contribution < 1.29 is 14.3 Å². The highest BCUT2D eigenvalue weighted by atomic mass is 16.5. The van der Waals surface area contributed by atoms with E-state index in [-0.39, 0.29) is 17.4 Å². The average Bonchev–Trinajstić information content (AvgIpc) is 2.98. The Labute approximate surface area is 183 Å². The summed E-state index contributed by atoms with van der Waals surface area (Å²) in [6.07, 6.45) is 11.0. The van der Waals surface area contributed by atoms with Gasteiger partial charge in [0.1, 0.15) is 11.6 Å². The van der Waals surface area contributed by atoms with Crippen molar-refractivity contribution >= 4 is 11.6 Å². The first kappa shape index (κ1) is 21.2. The van der Waals surface area contributed by atoms with E-state index in [9.17, 15) is 9.59 Å². The second-order valence-electron chi connectivity index (χ2n) is 12.5. The number of fused-ring (bicyclic) bond motifs is 5. The van der Waals surface area contributed by atoms with E-state index in [1.54, 1.807) is 0 Å². The minimum Gasteiger partial charge on any atom is -0.378 e. The Morgan fingerprint density at radius 3 is 2.47 bits per heavy atom. The van der Waals surface area contributed by atoms with Gasteiger partial charge in [-0.15, -0.1) is 0 Å². The van der Waals surface area contributed by atoms with Crippen molar-refractivity contribution in [3.05, 3.63) is 0 Å². The minimum atomic E-state index is 0.151. The third-order valence-electron chi connectivity index (χ3n) is 11.0. The molecule has 0 aromatic carbocycles. The molecule has 30 heavy (non-hydrogen) atoms. The molecule has 5 fully saturated rings. The Morgan fingerprint density at radius 2 is 1.73 bits per heavy atom. The van der Waals surface area contributed by atoms with Crippen molar-refractivity contribution in [2.24, 2.45) is 52.3 Å². The van der Waals surface area contributed by atoms with Crippen molar-refractivity contribution in [2.45, 2.75) is 98.0 Å². The fourth-order valence-corrected chi connectivity index (χ4v) is 9.30. The molecule has 1 heterocycles. The SMILES string of the molecule is CC1CCC([C@@H](C)[C@H]2C(=O)C[C@H]3[C@@H]4CCC5CC(=O)CC[C@]5(C)[C@H]4CC[C@]23C)OC1. The highest BCUT2D eigenvalue weighted by molar-refractivity contribution is 5.85. The third-order valence-corrected chi connectivity index (χ3v) is 11.0. The molecular formula is C27H42O3. The molecule has 0 radical (unpaired) electrons. The normalized spacial score (nSPS) is 52.3. The standard InChI is InChI=1S/C27H42O3/c1-16-5-8-24(30-15-16)17(2)25-23(29)14-22-20-7-6-18-13-19(28)9-11-26(18,3)21(20)10-12-27(22,25)4/h16-18,20-22,24-25H,5-15H2,1-4H3/t16?,17-,18?,20-,21+,22+,24?,25+,26+,27+/m1/s1. The minimum absolute atomic E-state index is 0.151. The van der Waals surface area contributed by atoms with Crippen molar-refractivity contribution in [3.8, 4) is 0 Å². The second-order valence-corrected chi connectivity index (χ2v) is 12.5. The summed E-state index contributed by atoms with van der Waals surface area (Å²) in [5, 5.41) is 0. The Morgan fingerprint density at radius 1 is 0.933 bits per heavy atom. The van der Waals surface area contributed by atoms with Gasteiger partial charge in [0, 0.05) is 31.8 Å². The van der Waals surface area contributed by atoms with Gasteiger partial charge in [-0.1, -0.05) is 27.7 Å². The monoisotopic (exact) mass is 414 g/mol. The Hall–Kier alpha value is -0.700. The lowest BCUT2D eigenvalue weighted by molar-refractivity contribution is -0.144. The van der Waals surface area contributed by atoms with Gasteiger partial charge >= 0.3 is 0 Å². The molecule has 3 unspecified atom stereocenters. The van der Waals surface area contributed by atoms with Gasteiger partial charge in [0.25, 0.3) is 0 Å². The van der Waals surface area contributed by atoms with Crippen LogP contribution in [-0.2, 0) is 14.3 Å². The summed E-state index contributed by atoms with van der Waals surface area (Å²) in [4.78, 5) is 25.6. The van der Waals surface area contributed by atoms with Crippen molar-refractivity contribution in [1.29, 1.82) is 0 Å². The largest absolute Gasteiger partial charge is 0.378 e. The number of carbonyl (C=O) groups is 2. The molecule has 5 rings (SSSR count). The zero-order valence-electron chi connectivity index (χ0n) is 19.6. The zero-order valence-corrected chi connectivity index (χ0v) is 19.6. The van der Waals surface area contributed by atoms with Gasteiger partial charge in [0.15, 0.2) is 0 Å². The first-order valence-electron chi connectivity index (χ1n) is 12.9. The van der Waals surface area contributed by atoms with Crippen LogP contribution >= 0.6 is 0 Å². The van der Waals surface area contributed by atoms with E-state index >= 15 is 0 Å². The third kappa shape index (κ3) is 3.08. The quantitative estimate of drug-likeness (QED) is 0.570. The summed E-state index contributed by atoms with van der Waals surface area (Å²) in [6, 6.07) is 0. The van der Waals surface area contributed by atoms with Crippen LogP contribution in [-0.4, -0.2) is 24.3 Å². The summed E-state index contributed by atoms with van der Waals surface area (Å²) < 4.78 is 6.26. The molecule has 10 atom stereocenters. The maximum atomic E-state index is 13.5. The lowest BCUT2D eigenvalue weighted by atomic mass is 9.44. The van der Waals surface area contributed by atoms with Crippen LogP contribution in [0.25, 0.3) is 0 Å². The van der Waals surface area contributed by atoms with Crippen LogP contribution in [0.1, 0.15) is 91.9 Å². The van der Waals surface area contributed by atoms with Crippen molar-refractivity contribution in [3.63, 3.8) is 0 Å². The molecule has 3 nitrogen and oxygen atoms in total. The number of Topliss-reactive ketones (excluding diaryl/α,β-unsaturated/α-hetero) is 2. The van der Waals surface area contributed by atoms with Gasteiger partial charge in [0.2, 0.25) is 0 Å². The van der Waals surface area contributed by atoms with Gasteiger partial charge in [-0.25, -0.2) is 0 Å². The van der Waals surface area contributed by atoms with Crippen LogP contribution in [0.5, 0.6) is 0 Å². The molecule has 1 saturated heterocycles. The molecule has 3 heteroatoms. The highest BCUT2D eigenvalue weighted by Crippen LogP contribution is 2.67. The Balaban J connectivity index is 1.38. The lowest BCUT2D eigenvalue weighted by Gasteiger charge is -2.60. The Kier molecular flexibility index (Phi) is 5.24. The van der Waals surface area contributed by atoms with E-state index in [4.69, 9.17) is 4.74 Å². The summed E-state index contributed by atoms with van der Waals surface area (Å²) >= 11 is 0. The summed E-state index contributed by atoms with van der Waals surface area (Å²) in [5.74, 6) is 4.75. The number of hydrogen-bond acceptors (Lipinski definition) is 3. The van der Waals surface area contributed by atoms with Gasteiger partial charge in [-0.05, 0) is 91.3 Å². The molecule has 0 N–H and O–H groups in total. The topological polar surface area (TPSA) is 43.4 Å². The lowest BCUT2D eigenvalue weighted by Crippen LogP contribution is -2.54. The number of carbonyl (C=O) groups excluding carboxylic acids is 2. The molecule has 4 saturated carbocycles. The molecule has 5 aliphatic rings. The number of ether oxygens (including phenoxy) is 1. The van der Waals surface area contributed by atoms with E-state index in [1.807, 2.05) is 0 Å². The first-order chi connectivity index (χ1) is 14.2. The van der Waals surface area contributed by atoms with E-state index in [0.29, 0.717) is 46.6 Å². The van der Waals surface area contributed by atoms with Gasteiger partial charge < -0.3 is 4.74 Å². The predicted octanol–water partition coefficient (Wildman–Crippen LogP) is 5.84. The predicted molar refractivity (Wildman–Crippen MR) is 118 cm³/mol. The highest BCUT2D eigenvalue weighted by Gasteiger charge is 2.63. The maximum Gasteiger partial charge on any atom is 0.137 e. The van der Waals surface area contributed by atoms with Gasteiger partial charge in [-0.2, -0.15) is 0 Å². The molecule has 4 aliphatic carbocycles. The molecule has 1 aliphatic heterocycles. The van der Waals surface area contributed by atoms with Crippen LogP contribution in [0.4, 0.5) is 0 Å². The van der Waals surface area contributed by atoms with Crippen LogP contribution < -0.4 is 0 Å². The molecular weight excluding hydrogens is 372 g/mol. The van der Waals surface area contributed by atoms with Gasteiger partial charge in [-0.3, -0.25) is 9.59 Å². The number of rotatable bonds is 2. The molecule has 0 amide bonds. The summed E-state index contributed by atoms with van der Waals surface area (Å²) in [5.41, 5.74) is 0.477. The van der Waals surface area contributed by atoms with E-state index in [2.05, 4.69) is 27.7 Å². The van der Waals surface area contributed by atoms with E-state index < -0.39 is 0 Å². The second kappa shape index (κ2) is 7.42. The van der Waals surface area contributed by atoms with Crippen LogP contribution in [0.3, 0.4) is 0 Å². The van der Waals surface area contributed by atoms with E-state index in [0.717, 1.165) is 44.6 Å².